The van der Waals surface area contributed by atoms with E-state index in [1.54, 1.807) is 13.3 Å². The van der Waals surface area contributed by atoms with Crippen LogP contribution in [0.5, 0.6) is 11.8 Å². The predicted octanol–water partition coefficient (Wildman–Crippen LogP) is 2.07. The van der Waals surface area contributed by atoms with Gasteiger partial charge < -0.3 is 85.4 Å². The van der Waals surface area contributed by atoms with Gasteiger partial charge >= 0.3 is 5.97 Å². The van der Waals surface area contributed by atoms with E-state index < -0.39 is 77.5 Å². The summed E-state index contributed by atoms with van der Waals surface area (Å²) in [6.45, 7) is 14.8. The van der Waals surface area contributed by atoms with E-state index in [0.29, 0.717) is 74.7 Å². The summed E-state index contributed by atoms with van der Waals surface area (Å²) >= 11 is 0.924. The second-order valence-electron chi connectivity index (χ2n) is 21.6. The Morgan fingerprint density at radius 3 is 2.03 bits per heavy atom. The van der Waals surface area contributed by atoms with E-state index in [2.05, 4.69) is 52.2 Å². The number of rotatable bonds is 40. The number of anilines is 2. The van der Waals surface area contributed by atoms with Gasteiger partial charge in [0, 0.05) is 56.5 Å². The van der Waals surface area contributed by atoms with Crippen LogP contribution in [-0.4, -0.2) is 150 Å². The number of aliphatic imine (C=N–C) groups is 1. The third-order valence-electron chi connectivity index (χ3n) is 14.6. The Hall–Kier alpha value is -7.92. The lowest BCUT2D eigenvalue weighted by molar-refractivity contribution is -0.144. The van der Waals surface area contributed by atoms with Crippen LogP contribution in [0.4, 0.5) is 11.8 Å². The van der Waals surface area contributed by atoms with Crippen molar-refractivity contribution < 1.29 is 48.5 Å². The number of benzene rings is 1. The van der Waals surface area contributed by atoms with Crippen molar-refractivity contribution >= 4 is 82.1 Å². The number of amides is 6. The lowest BCUT2D eigenvalue weighted by Gasteiger charge is -2.30. The summed E-state index contributed by atoms with van der Waals surface area (Å²) < 4.78 is 8.50. The Balaban J connectivity index is 1.36. The number of hydrogen-bond donors (Lipinski definition) is 14. The van der Waals surface area contributed by atoms with E-state index in [4.69, 9.17) is 38.4 Å². The normalized spacial score (nSPS) is 14.1. The van der Waals surface area contributed by atoms with Gasteiger partial charge in [0.2, 0.25) is 47.3 Å². The minimum atomic E-state index is -1.44. The average Bonchev–Trinajstić information content (AvgIpc) is 2.14. The van der Waals surface area contributed by atoms with Crippen molar-refractivity contribution in [2.45, 2.75) is 179 Å². The average molecular weight is 1220 g/mol. The largest absolute Gasteiger partial charge is 0.494 e. The maximum atomic E-state index is 14.2. The van der Waals surface area contributed by atoms with Gasteiger partial charge in [0.1, 0.15) is 24.2 Å². The van der Waals surface area contributed by atoms with E-state index in [-0.39, 0.29) is 98.2 Å². The number of unbranched alkanes of at least 4 members (excludes halogenated alkanes) is 1. The fraction of sp³-hybridized carbons (Fsp3) is 0.596. The second kappa shape index (κ2) is 36.2. The number of primary amides is 1. The molecule has 86 heavy (non-hydrogen) atoms. The number of imidazole rings is 1. The summed E-state index contributed by atoms with van der Waals surface area (Å²) in [4.78, 5) is 112. The summed E-state index contributed by atoms with van der Waals surface area (Å²) in [6.07, 6.45) is 4.14. The lowest BCUT2D eigenvalue weighted by Crippen LogP contribution is -2.60. The maximum absolute atomic E-state index is 14.2. The minimum Gasteiger partial charge on any atom is -0.494 e. The molecular formula is C57H92N18O10S. The molecule has 0 aliphatic heterocycles. The molecule has 3 heterocycles. The molecule has 28 nitrogen and oxygen atoms in total. The fourth-order valence-electron chi connectivity index (χ4n) is 8.77. The highest BCUT2D eigenvalue weighted by molar-refractivity contribution is 7.99. The van der Waals surface area contributed by atoms with Gasteiger partial charge in [-0.2, -0.15) is 9.97 Å². The number of carbonyl (C=O) groups excluding carboxylic acids is 7. The smallest absolute Gasteiger partial charge is 0.307 e. The molecule has 29 heteroatoms. The molecule has 4 aromatic rings. The van der Waals surface area contributed by atoms with Gasteiger partial charge in [0.05, 0.1) is 30.3 Å². The van der Waals surface area contributed by atoms with Crippen molar-refractivity contribution in [3.05, 3.63) is 48.3 Å². The molecule has 0 saturated carbocycles. The molecular weight excluding hydrogens is 1130 g/mol. The van der Waals surface area contributed by atoms with Gasteiger partial charge in [0.15, 0.2) is 28.8 Å². The van der Waals surface area contributed by atoms with Crippen LogP contribution in [-0.2, 0) is 51.4 Å². The molecule has 6 amide bonds. The van der Waals surface area contributed by atoms with Gasteiger partial charge in [-0.3, -0.25) is 43.1 Å². The Morgan fingerprint density at radius 1 is 0.744 bits per heavy atom. The van der Waals surface area contributed by atoms with Crippen LogP contribution in [0, 0.1) is 11.8 Å². The van der Waals surface area contributed by atoms with Crippen LogP contribution < -0.4 is 65.9 Å². The quantitative estimate of drug-likeness (QED) is 0.00996. The van der Waals surface area contributed by atoms with E-state index in [1.807, 2.05) is 76.4 Å². The van der Waals surface area contributed by atoms with Crippen LogP contribution in [0.2, 0.25) is 0 Å². The van der Waals surface area contributed by atoms with E-state index in [0.717, 1.165) is 28.3 Å². The number of aromatic hydroxyl groups is 2. The monoisotopic (exact) mass is 1220 g/mol. The summed E-state index contributed by atoms with van der Waals surface area (Å²) in [5, 5.41) is 42.2. The number of guanidine groups is 1. The zero-order valence-corrected chi connectivity index (χ0v) is 51.4. The summed E-state index contributed by atoms with van der Waals surface area (Å²) in [6, 6.07) is 4.86. The molecule has 0 fully saturated rings. The molecule has 2 unspecified atom stereocenters. The minimum absolute atomic E-state index is 0.0528. The third-order valence-corrected chi connectivity index (χ3v) is 15.7. The topological polar surface area (TPSA) is 444 Å². The fourth-order valence-corrected chi connectivity index (χ4v) is 9.71. The zero-order chi connectivity index (χ0) is 63.5. The van der Waals surface area contributed by atoms with Crippen molar-refractivity contribution in [2.24, 2.45) is 45.5 Å². The first kappa shape index (κ1) is 70.6. The van der Waals surface area contributed by atoms with E-state index in [1.165, 1.54) is 6.07 Å². The molecule has 0 radical (unpaired) electrons. The number of thioether (sulfide) groups is 1. The Bertz CT molecular complexity index is 2870. The molecule has 19 N–H and O–H groups in total. The Morgan fingerprint density at radius 2 is 1.38 bits per heavy atom. The zero-order valence-electron chi connectivity index (χ0n) is 50.6. The van der Waals surface area contributed by atoms with E-state index in [9.17, 15) is 43.8 Å². The van der Waals surface area contributed by atoms with Gasteiger partial charge in [-0.25, -0.2) is 4.98 Å². The molecule has 0 spiro atoms. The van der Waals surface area contributed by atoms with E-state index >= 15 is 0 Å². The summed E-state index contributed by atoms with van der Waals surface area (Å²) in [5.41, 5.74) is 30.9. The van der Waals surface area contributed by atoms with Gasteiger partial charge in [-0.15, -0.1) is 11.8 Å². The lowest BCUT2D eigenvalue weighted by atomic mass is 9.96. The van der Waals surface area contributed by atoms with Crippen LogP contribution >= 0.6 is 11.8 Å². The number of nitrogens with two attached hydrogens (primary N) is 5. The van der Waals surface area contributed by atoms with Gasteiger partial charge in [-0.1, -0.05) is 70.9 Å². The van der Waals surface area contributed by atoms with Gasteiger partial charge in [0.25, 0.3) is 0 Å². The number of carbonyl (C=O) groups is 7. The first-order chi connectivity index (χ1) is 41.0. The Kier molecular flexibility index (Phi) is 29.7. The second-order valence-corrected chi connectivity index (χ2v) is 22.7. The first-order valence-electron chi connectivity index (χ1n) is 29.4. The van der Waals surface area contributed by atoms with Gasteiger partial charge in [-0.05, 0) is 89.7 Å². The SMILES string of the molecule is CCC(C)[C@H](NC(=O)[C@H](CCC(N)=O)NC(=O)[C@H](CCCN=C(N)N)NC(=O)[C@@H](N)CSc1cc(O)n(CCC(=O)OCCCNc2nc(NCc3ccccc3)c3ncn(C(C)C)c3n2)c1O)C(=O)N[C@@H](CCCCN)C(=O)N[C@H](C)C(C)CC. The number of esters is 1. The molecule has 0 saturated heterocycles. The molecule has 8 atom stereocenters. The molecule has 1 aromatic carbocycles. The highest BCUT2D eigenvalue weighted by Gasteiger charge is 2.35. The molecule has 0 aliphatic rings. The Labute approximate surface area is 506 Å². The van der Waals surface area contributed by atoms with Crippen molar-refractivity contribution in [2.75, 3.05) is 42.6 Å². The third kappa shape index (κ3) is 22.8. The van der Waals surface area contributed by atoms with Crippen molar-refractivity contribution in [3.8, 4) is 11.8 Å². The number of nitrogens with one attached hydrogen (secondary N) is 7. The predicted molar refractivity (Wildman–Crippen MR) is 330 cm³/mol. The van der Waals surface area contributed by atoms with Crippen LogP contribution in [0.1, 0.15) is 131 Å². The first-order valence-corrected chi connectivity index (χ1v) is 30.4. The number of aromatic nitrogens is 5. The number of hydrogen-bond acceptors (Lipinski definition) is 19. The van der Waals surface area contributed by atoms with Crippen LogP contribution in [0.15, 0.2) is 52.6 Å². The van der Waals surface area contributed by atoms with Crippen molar-refractivity contribution in [3.63, 3.8) is 0 Å². The maximum Gasteiger partial charge on any atom is 0.307 e. The number of fused-ring (bicyclic) bond motifs is 1. The molecule has 0 aliphatic carbocycles. The van der Waals surface area contributed by atoms with Crippen molar-refractivity contribution in [1.82, 2.24) is 50.7 Å². The molecule has 476 valence electrons. The van der Waals surface area contributed by atoms with Crippen molar-refractivity contribution in [1.29, 1.82) is 0 Å². The number of nitrogens with zero attached hydrogens (tertiary/aromatic N) is 6. The molecule has 3 aromatic heterocycles. The van der Waals surface area contributed by atoms with Crippen LogP contribution in [0.3, 0.4) is 0 Å². The van der Waals surface area contributed by atoms with Crippen LogP contribution in [0.25, 0.3) is 11.2 Å². The molecule has 0 bridgehead atoms. The summed E-state index contributed by atoms with van der Waals surface area (Å²) in [7, 11) is 0. The number of ether oxygens (including phenoxy) is 1. The highest BCUT2D eigenvalue weighted by atomic mass is 32.2. The standard InChI is InChI=1S/C57H92N18O10S/c1-8-34(5)36(7)67-51(80)39(19-13-14-24-58)70-54(83)46(35(6)9-2)71-53(82)41(21-22-43(60)76)69-52(81)40(20-15-25-63-56(61)62)68-50(79)38(59)31-86-42-29-44(77)74(55(42)84)27-23-45(78)85-28-16-26-64-57-72-48(65-30-37-17-11-10-12-18-37)47-49(73-57)75(32-66-47)33(3)4/h10-12,17-18,29,32-36,38-41,46,77,84H,8-9,13-16,19-28,30-31,58-59H2,1-7H3,(H2,60,76)(H,67,80)(H,68,79)(H,69,81)(H,70,83)(H,71,82)(H4,61,62,63)(H2,64,65,72,73)/t34?,35?,36-,38+,39+,40+,41+,46+/m1/s1. The highest BCUT2D eigenvalue weighted by Crippen LogP contribution is 2.36. The summed E-state index contributed by atoms with van der Waals surface area (Å²) in [5.74, 6) is -5.33. The molecule has 4 rings (SSSR count).